The second-order valence-electron chi connectivity index (χ2n) is 3.15. The molecule has 0 amide bonds. The maximum absolute atomic E-state index is 11.6. The first-order chi connectivity index (χ1) is 6.50. The number of hydrogen-bond donors (Lipinski definition) is 0. The van der Waals surface area contributed by atoms with Gasteiger partial charge in [-0.05, 0) is 19.1 Å². The van der Waals surface area contributed by atoms with Gasteiger partial charge in [0.15, 0.2) is 5.78 Å². The van der Waals surface area contributed by atoms with Gasteiger partial charge in [-0.2, -0.15) is 0 Å². The minimum absolute atomic E-state index is 0.00750. The molecule has 1 aromatic rings. The third kappa shape index (κ3) is 2.86. The van der Waals surface area contributed by atoms with E-state index in [9.17, 15) is 4.79 Å². The lowest BCUT2D eigenvalue weighted by molar-refractivity contribution is 0.104. The fraction of sp³-hybridized carbons (Fsp3) is 0.300. The summed E-state index contributed by atoms with van der Waals surface area (Å²) in [6, 6.07) is 3.48. The van der Waals surface area contributed by atoms with Crippen LogP contribution >= 0.6 is 22.9 Å². The molecule has 2 nitrogen and oxygen atoms in total. The number of rotatable bonds is 3. The molecule has 76 valence electrons. The van der Waals surface area contributed by atoms with Crippen LogP contribution in [0.5, 0.6) is 0 Å². The van der Waals surface area contributed by atoms with E-state index in [0.717, 1.165) is 5.70 Å². The van der Waals surface area contributed by atoms with Crippen molar-refractivity contribution < 1.29 is 4.79 Å². The van der Waals surface area contributed by atoms with E-state index in [1.807, 2.05) is 25.9 Å². The molecule has 1 rings (SSSR count). The van der Waals surface area contributed by atoms with Crippen LogP contribution < -0.4 is 0 Å². The van der Waals surface area contributed by atoms with Gasteiger partial charge in [0.25, 0.3) is 0 Å². The fourth-order valence-corrected chi connectivity index (χ4v) is 1.79. The number of carbonyl (C=O) groups is 1. The summed E-state index contributed by atoms with van der Waals surface area (Å²) in [5.41, 5.74) is 0.930. The topological polar surface area (TPSA) is 20.3 Å². The number of nitrogens with zero attached hydrogens (tertiary/aromatic N) is 1. The molecule has 0 radical (unpaired) electrons. The highest BCUT2D eigenvalue weighted by Gasteiger charge is 2.06. The molecule has 0 aromatic carbocycles. The van der Waals surface area contributed by atoms with Crippen molar-refractivity contribution >= 4 is 28.7 Å². The number of hydrogen-bond acceptors (Lipinski definition) is 3. The summed E-state index contributed by atoms with van der Waals surface area (Å²) in [7, 11) is 3.81. The number of carbonyl (C=O) groups excluding carboxylic acids is 1. The average Bonchev–Trinajstić information content (AvgIpc) is 2.51. The third-order valence-electron chi connectivity index (χ3n) is 1.86. The maximum atomic E-state index is 11.6. The van der Waals surface area contributed by atoms with E-state index in [0.29, 0.717) is 9.21 Å². The van der Waals surface area contributed by atoms with Crippen LogP contribution in [-0.2, 0) is 0 Å². The Balaban J connectivity index is 2.82. The first kappa shape index (κ1) is 11.3. The summed E-state index contributed by atoms with van der Waals surface area (Å²) in [5, 5.41) is 0. The largest absolute Gasteiger partial charge is 0.381 e. The first-order valence-corrected chi connectivity index (χ1v) is 5.35. The summed E-state index contributed by atoms with van der Waals surface area (Å²) in [5.74, 6) is 0.00750. The summed E-state index contributed by atoms with van der Waals surface area (Å²) in [4.78, 5) is 14.2. The van der Waals surface area contributed by atoms with Gasteiger partial charge < -0.3 is 4.90 Å². The van der Waals surface area contributed by atoms with Crippen LogP contribution in [0.15, 0.2) is 23.9 Å². The molecule has 0 unspecified atom stereocenters. The standard InChI is InChI=1S/C10H12ClNOS/c1-7(12(2)3)6-8(13)9-4-5-10(11)14-9/h4-6H,1-3H3. The van der Waals surface area contributed by atoms with Crippen LogP contribution in [0.2, 0.25) is 4.34 Å². The summed E-state index contributed by atoms with van der Waals surface area (Å²) in [6.07, 6.45) is 1.61. The molecule has 14 heavy (non-hydrogen) atoms. The Kier molecular flexibility index (Phi) is 3.72. The highest BCUT2D eigenvalue weighted by molar-refractivity contribution is 7.18. The van der Waals surface area contributed by atoms with Gasteiger partial charge in [0.1, 0.15) is 0 Å². The lowest BCUT2D eigenvalue weighted by Gasteiger charge is -2.11. The summed E-state index contributed by atoms with van der Waals surface area (Å²) < 4.78 is 0.643. The number of halogens is 1. The van der Waals surface area contributed by atoms with E-state index < -0.39 is 0 Å². The zero-order valence-corrected chi connectivity index (χ0v) is 9.95. The third-order valence-corrected chi connectivity index (χ3v) is 3.11. The van der Waals surface area contributed by atoms with Gasteiger partial charge in [0.05, 0.1) is 9.21 Å². The molecule has 0 saturated carbocycles. The Bertz CT molecular complexity index is 368. The number of allylic oxidation sites excluding steroid dienone is 2. The van der Waals surface area contributed by atoms with Crippen molar-refractivity contribution in [2.75, 3.05) is 14.1 Å². The van der Waals surface area contributed by atoms with Gasteiger partial charge in [0, 0.05) is 25.9 Å². The normalized spacial score (nSPS) is 11.6. The van der Waals surface area contributed by atoms with Gasteiger partial charge in [-0.25, -0.2) is 0 Å². The van der Waals surface area contributed by atoms with E-state index in [-0.39, 0.29) is 5.78 Å². The molecule has 0 spiro atoms. The quantitative estimate of drug-likeness (QED) is 0.587. The second kappa shape index (κ2) is 4.62. The Morgan fingerprint density at radius 2 is 2.14 bits per heavy atom. The predicted octanol–water partition coefficient (Wildman–Crippen LogP) is 3.05. The van der Waals surface area contributed by atoms with E-state index in [1.54, 1.807) is 18.2 Å². The van der Waals surface area contributed by atoms with E-state index in [4.69, 9.17) is 11.6 Å². The van der Waals surface area contributed by atoms with Gasteiger partial charge in [0.2, 0.25) is 0 Å². The van der Waals surface area contributed by atoms with Crippen LogP contribution in [0.25, 0.3) is 0 Å². The molecule has 0 aliphatic carbocycles. The highest BCUT2D eigenvalue weighted by atomic mass is 35.5. The van der Waals surface area contributed by atoms with Crippen LogP contribution in [0.1, 0.15) is 16.6 Å². The molecule has 4 heteroatoms. The Labute approximate surface area is 92.8 Å². The van der Waals surface area contributed by atoms with Crippen molar-refractivity contribution in [1.82, 2.24) is 4.90 Å². The monoisotopic (exact) mass is 229 g/mol. The Morgan fingerprint density at radius 3 is 2.57 bits per heavy atom. The molecular formula is C10H12ClNOS. The Morgan fingerprint density at radius 1 is 1.50 bits per heavy atom. The number of ketones is 1. The van der Waals surface area contributed by atoms with E-state index >= 15 is 0 Å². The molecule has 0 atom stereocenters. The van der Waals surface area contributed by atoms with Crippen molar-refractivity contribution in [1.29, 1.82) is 0 Å². The van der Waals surface area contributed by atoms with Crippen LogP contribution in [0.4, 0.5) is 0 Å². The average molecular weight is 230 g/mol. The van der Waals surface area contributed by atoms with E-state index in [2.05, 4.69) is 0 Å². The van der Waals surface area contributed by atoms with Crippen molar-refractivity contribution in [2.45, 2.75) is 6.92 Å². The van der Waals surface area contributed by atoms with Crippen molar-refractivity contribution in [3.05, 3.63) is 33.1 Å². The van der Waals surface area contributed by atoms with Crippen molar-refractivity contribution in [3.8, 4) is 0 Å². The van der Waals surface area contributed by atoms with E-state index in [1.165, 1.54) is 11.3 Å². The van der Waals surface area contributed by atoms with Gasteiger partial charge >= 0.3 is 0 Å². The fourth-order valence-electron chi connectivity index (χ4n) is 0.837. The highest BCUT2D eigenvalue weighted by Crippen LogP contribution is 2.22. The maximum Gasteiger partial charge on any atom is 0.197 e. The Hall–Kier alpha value is -0.800. The minimum atomic E-state index is 0.00750. The van der Waals surface area contributed by atoms with Crippen LogP contribution in [-0.4, -0.2) is 24.8 Å². The molecule has 0 fully saturated rings. The van der Waals surface area contributed by atoms with Crippen LogP contribution in [0, 0.1) is 0 Å². The zero-order valence-electron chi connectivity index (χ0n) is 8.37. The minimum Gasteiger partial charge on any atom is -0.381 e. The first-order valence-electron chi connectivity index (χ1n) is 4.16. The molecule has 0 aliphatic rings. The summed E-state index contributed by atoms with van der Waals surface area (Å²) >= 11 is 7.04. The molecule has 1 aromatic heterocycles. The lowest BCUT2D eigenvalue weighted by Crippen LogP contribution is -2.09. The van der Waals surface area contributed by atoms with Crippen LogP contribution in [0.3, 0.4) is 0 Å². The molecule has 1 heterocycles. The SMILES string of the molecule is CC(=CC(=O)c1ccc(Cl)s1)N(C)C. The smallest absolute Gasteiger partial charge is 0.197 e. The predicted molar refractivity (Wildman–Crippen MR) is 61.1 cm³/mol. The molecule has 0 N–H and O–H groups in total. The molecule has 0 saturated heterocycles. The van der Waals surface area contributed by atoms with Crippen molar-refractivity contribution in [3.63, 3.8) is 0 Å². The van der Waals surface area contributed by atoms with Gasteiger partial charge in [-0.1, -0.05) is 11.6 Å². The molecule has 0 aliphatic heterocycles. The lowest BCUT2D eigenvalue weighted by atomic mass is 10.2. The van der Waals surface area contributed by atoms with Gasteiger partial charge in [-0.15, -0.1) is 11.3 Å². The summed E-state index contributed by atoms with van der Waals surface area (Å²) in [6.45, 7) is 1.90. The zero-order chi connectivity index (χ0) is 10.7. The second-order valence-corrected chi connectivity index (χ2v) is 4.86. The molecule has 0 bridgehead atoms. The number of thiophene rings is 1. The molecular weight excluding hydrogens is 218 g/mol. The van der Waals surface area contributed by atoms with Crippen molar-refractivity contribution in [2.24, 2.45) is 0 Å². The van der Waals surface area contributed by atoms with Gasteiger partial charge in [-0.3, -0.25) is 4.79 Å².